The third-order valence-corrected chi connectivity index (χ3v) is 9.78. The summed E-state index contributed by atoms with van der Waals surface area (Å²) >= 11 is 0. The number of aliphatic hydroxyl groups is 2. The van der Waals surface area contributed by atoms with Gasteiger partial charge in [-0.1, -0.05) is 30.3 Å². The fourth-order valence-electron chi connectivity index (χ4n) is 4.16. The van der Waals surface area contributed by atoms with E-state index in [0.29, 0.717) is 12.1 Å². The second-order valence-corrected chi connectivity index (χ2v) is 13.6. The number of nitrogens with zero attached hydrogens (tertiary/aromatic N) is 3. The molecule has 1 fully saturated rings. The van der Waals surface area contributed by atoms with Gasteiger partial charge in [0.2, 0.25) is 0 Å². The molecule has 0 radical (unpaired) electrons. The van der Waals surface area contributed by atoms with Gasteiger partial charge in [0.1, 0.15) is 18.3 Å². The third-order valence-electron chi connectivity index (χ3n) is 5.98. The first kappa shape index (κ1) is 33.2. The summed E-state index contributed by atoms with van der Waals surface area (Å²) in [6.07, 6.45) is -3.82. The average Bonchev–Trinajstić information content (AvgIpc) is 3.17. The van der Waals surface area contributed by atoms with Crippen LogP contribution in [0.25, 0.3) is 0 Å². The van der Waals surface area contributed by atoms with Gasteiger partial charge < -0.3 is 34.5 Å². The Morgan fingerprint density at radius 3 is 2.26 bits per heavy atom. The van der Waals surface area contributed by atoms with Gasteiger partial charge in [-0.3, -0.25) is 23.4 Å². The second kappa shape index (κ2) is 13.1. The Morgan fingerprint density at radius 1 is 0.884 bits per heavy atom. The fraction of sp³-hybridized carbons (Fsp3) is 0.318. The lowest BCUT2D eigenvalue weighted by molar-refractivity contribution is -0.0547. The zero-order valence-electron chi connectivity index (χ0n) is 21.7. The Kier molecular flexibility index (Phi) is 10.2. The predicted molar refractivity (Wildman–Crippen MR) is 143 cm³/mol. The van der Waals surface area contributed by atoms with E-state index in [-0.39, 0.29) is 6.54 Å². The number of benzene rings is 1. The van der Waals surface area contributed by atoms with Gasteiger partial charge in [0.15, 0.2) is 6.23 Å². The number of hydrogen-bond acceptors (Lipinski definition) is 12. The second-order valence-electron chi connectivity index (χ2n) is 9.18. The summed E-state index contributed by atoms with van der Waals surface area (Å²) in [5.74, 6) is 0. The van der Waals surface area contributed by atoms with Crippen LogP contribution in [0.5, 0.6) is 0 Å². The molecular weight excluding hydrogens is 639 g/mol. The molecule has 6 N–H and O–H groups in total. The van der Waals surface area contributed by atoms with Crippen LogP contribution in [-0.2, 0) is 44.5 Å². The lowest BCUT2D eigenvalue weighted by atomic mass is 10.1. The van der Waals surface area contributed by atoms with Gasteiger partial charge in [-0.05, 0) is 29.7 Å². The number of aliphatic hydroxyl groups excluding tert-OH is 2. The molecule has 2 aromatic heterocycles. The lowest BCUT2D eigenvalue weighted by Crippen LogP contribution is -2.43. The number of hydrogen-bond donors (Lipinski definition) is 6. The molecule has 0 amide bonds. The highest BCUT2D eigenvalue weighted by atomic mass is 31.3. The first-order valence-electron chi connectivity index (χ1n) is 12.1. The van der Waals surface area contributed by atoms with Crippen LogP contribution >= 0.6 is 23.5 Å². The van der Waals surface area contributed by atoms with Crippen molar-refractivity contribution < 1.29 is 61.4 Å². The number of rotatable bonds is 12. The minimum atomic E-state index is -5.79. The number of phosphoric acid groups is 3. The predicted octanol–water partition coefficient (Wildman–Crippen LogP) is 0.00660. The molecular formula is C22H26N3O15P3. The van der Waals surface area contributed by atoms with E-state index in [0.717, 1.165) is 32.5 Å². The van der Waals surface area contributed by atoms with E-state index in [1.54, 1.807) is 12.1 Å². The van der Waals surface area contributed by atoms with Crippen molar-refractivity contribution in [2.24, 2.45) is 0 Å². The molecule has 0 aliphatic carbocycles. The molecule has 21 heteroatoms. The highest BCUT2D eigenvalue weighted by molar-refractivity contribution is 7.66. The Hall–Kier alpha value is -2.66. The normalized spacial score (nSPS) is 23.5. The molecule has 1 aliphatic rings. The van der Waals surface area contributed by atoms with E-state index in [2.05, 4.69) is 18.1 Å². The Morgan fingerprint density at radius 2 is 1.58 bits per heavy atom. The van der Waals surface area contributed by atoms with Gasteiger partial charge in [-0.15, -0.1) is 0 Å². The van der Waals surface area contributed by atoms with E-state index in [9.17, 15) is 43.3 Å². The largest absolute Gasteiger partial charge is 0.490 e. The number of ether oxygens (including phenoxy) is 1. The van der Waals surface area contributed by atoms with Crippen molar-refractivity contribution in [1.82, 2.24) is 14.1 Å². The molecule has 1 saturated heterocycles. The maximum absolute atomic E-state index is 13.3. The van der Waals surface area contributed by atoms with E-state index in [1.165, 1.54) is 6.20 Å². The van der Waals surface area contributed by atoms with Crippen LogP contribution in [0.1, 0.15) is 23.0 Å². The van der Waals surface area contributed by atoms with Crippen molar-refractivity contribution >= 4 is 23.5 Å². The van der Waals surface area contributed by atoms with Crippen LogP contribution in [0.15, 0.2) is 70.5 Å². The summed E-state index contributed by atoms with van der Waals surface area (Å²) in [6, 6.07) is 14.1. The first-order chi connectivity index (χ1) is 20.0. The quantitative estimate of drug-likeness (QED) is 0.139. The number of pyridine rings is 1. The zero-order valence-corrected chi connectivity index (χ0v) is 24.4. The van der Waals surface area contributed by atoms with Crippen molar-refractivity contribution in [2.45, 2.75) is 37.5 Å². The summed E-state index contributed by atoms with van der Waals surface area (Å²) in [4.78, 5) is 66.1. The number of aromatic nitrogens is 3. The standard InChI is InChI=1S/C22H26N3O15P3/c26-18-7-9-24(22(29)25(18)12-16-11-15(6-8-23-16)10-14-4-2-1-3-5-14)21-20(28)19(27)17(38-21)13-37-42(33,34)40-43(35,36)39-41(30,31)32/h1-9,11,17,19-21,27-28H,10,12-13H2,(H,33,34)(H,35,36)(H2,30,31,32)/t17-,19+,20?,21-/m1/s1. The maximum atomic E-state index is 13.3. The fourth-order valence-corrected chi connectivity index (χ4v) is 7.19. The Balaban J connectivity index is 1.48. The monoisotopic (exact) mass is 665 g/mol. The SMILES string of the molecule is O=c1ccn([C@@H]2O[C@H](COP(=O)(O)OP(=O)(O)OP(=O)(O)O)[C@H](O)C2O)c(=O)n1Cc1cc(Cc2ccccc2)ccn1. The van der Waals surface area contributed by atoms with E-state index in [4.69, 9.17) is 14.5 Å². The highest BCUT2D eigenvalue weighted by Gasteiger charge is 2.47. The van der Waals surface area contributed by atoms with Gasteiger partial charge in [0.25, 0.3) is 5.56 Å². The van der Waals surface area contributed by atoms with Crippen LogP contribution in [0.3, 0.4) is 0 Å². The van der Waals surface area contributed by atoms with Crippen LogP contribution < -0.4 is 11.2 Å². The Bertz CT molecular complexity index is 1710. The van der Waals surface area contributed by atoms with E-state index in [1.807, 2.05) is 30.3 Å². The van der Waals surface area contributed by atoms with Crippen LogP contribution in [0.4, 0.5) is 0 Å². The third kappa shape index (κ3) is 8.94. The van der Waals surface area contributed by atoms with E-state index >= 15 is 0 Å². The summed E-state index contributed by atoms with van der Waals surface area (Å²) < 4.78 is 52.9. The molecule has 1 aromatic carbocycles. The van der Waals surface area contributed by atoms with Gasteiger partial charge >= 0.3 is 29.2 Å². The average molecular weight is 665 g/mol. The molecule has 1 aliphatic heterocycles. The number of phosphoric ester groups is 1. The molecule has 4 rings (SSSR count). The van der Waals surface area contributed by atoms with Crippen molar-refractivity contribution in [3.05, 3.63) is 98.6 Å². The minimum Gasteiger partial charge on any atom is -0.387 e. The zero-order chi connectivity index (χ0) is 31.6. The molecule has 0 bridgehead atoms. The molecule has 234 valence electrons. The van der Waals surface area contributed by atoms with Crippen molar-refractivity contribution in [3.8, 4) is 0 Å². The van der Waals surface area contributed by atoms with E-state index < -0.39 is 65.9 Å². The molecule has 0 spiro atoms. The van der Waals surface area contributed by atoms with Gasteiger partial charge in [-0.2, -0.15) is 8.62 Å². The molecule has 3 aromatic rings. The van der Waals surface area contributed by atoms with Crippen LogP contribution in [0, 0.1) is 0 Å². The molecule has 43 heavy (non-hydrogen) atoms. The highest BCUT2D eigenvalue weighted by Crippen LogP contribution is 2.66. The summed E-state index contributed by atoms with van der Waals surface area (Å²) in [5, 5.41) is 20.9. The van der Waals surface area contributed by atoms with Crippen LogP contribution in [-0.4, -0.2) is 68.8 Å². The summed E-state index contributed by atoms with van der Waals surface area (Å²) in [5.41, 5.74) is 0.637. The molecule has 6 atom stereocenters. The Labute approximate surface area is 241 Å². The van der Waals surface area contributed by atoms with Crippen molar-refractivity contribution in [3.63, 3.8) is 0 Å². The van der Waals surface area contributed by atoms with Crippen molar-refractivity contribution in [1.29, 1.82) is 0 Å². The summed E-state index contributed by atoms with van der Waals surface area (Å²) in [6.45, 7) is -1.33. The molecule has 3 heterocycles. The minimum absolute atomic E-state index is 0.248. The molecule has 3 unspecified atom stereocenters. The van der Waals surface area contributed by atoms with Gasteiger partial charge in [-0.25, -0.2) is 18.5 Å². The van der Waals surface area contributed by atoms with Gasteiger partial charge in [0, 0.05) is 18.5 Å². The lowest BCUT2D eigenvalue weighted by Gasteiger charge is -2.19. The van der Waals surface area contributed by atoms with Crippen molar-refractivity contribution in [2.75, 3.05) is 6.61 Å². The maximum Gasteiger partial charge on any atom is 0.490 e. The van der Waals surface area contributed by atoms with Gasteiger partial charge in [0.05, 0.1) is 18.8 Å². The molecule has 0 saturated carbocycles. The topological polar surface area (TPSA) is 266 Å². The first-order valence-corrected chi connectivity index (χ1v) is 16.7. The molecule has 18 nitrogen and oxygen atoms in total. The van der Waals surface area contributed by atoms with Crippen LogP contribution in [0.2, 0.25) is 0 Å². The smallest absolute Gasteiger partial charge is 0.387 e. The summed E-state index contributed by atoms with van der Waals surface area (Å²) in [7, 11) is -17.0.